The molecule has 0 saturated heterocycles. The number of carbonyl (C=O) groups is 1. The van der Waals surface area contributed by atoms with Gasteiger partial charge in [0.05, 0.1) is 14.2 Å². The summed E-state index contributed by atoms with van der Waals surface area (Å²) in [6, 6.07) is 26.2. The second-order valence-corrected chi connectivity index (χ2v) is 6.65. The minimum Gasteiger partial charge on any atom is -0.497 e. The van der Waals surface area contributed by atoms with E-state index in [-0.39, 0.29) is 5.91 Å². The number of methoxy groups -OCH3 is 1. The van der Waals surface area contributed by atoms with Gasteiger partial charge < -0.3 is 15.0 Å². The number of ether oxygens (including phenoxy) is 1. The zero-order valence-electron chi connectivity index (χ0n) is 15.7. The molecule has 0 aliphatic heterocycles. The molecule has 0 radical (unpaired) electrons. The van der Waals surface area contributed by atoms with E-state index in [2.05, 4.69) is 41.7 Å². The van der Waals surface area contributed by atoms with E-state index in [9.17, 15) is 4.79 Å². The van der Waals surface area contributed by atoms with Gasteiger partial charge in [-0.05, 0) is 35.4 Å². The minimum atomic E-state index is -0.00132. The van der Waals surface area contributed by atoms with Crippen LogP contribution in [0.3, 0.4) is 0 Å². The van der Waals surface area contributed by atoms with Gasteiger partial charge in [0.15, 0.2) is 6.54 Å². The topological polar surface area (TPSA) is 42.8 Å². The molecule has 2 N–H and O–H groups in total. The molecule has 3 aromatic carbocycles. The molecule has 0 aliphatic carbocycles. The summed E-state index contributed by atoms with van der Waals surface area (Å²) in [6.07, 6.45) is 0. The number of carbonyl (C=O) groups excluding carboxylic acids is 1. The van der Waals surface area contributed by atoms with Gasteiger partial charge in [-0.1, -0.05) is 54.6 Å². The van der Waals surface area contributed by atoms with E-state index in [0.717, 1.165) is 22.9 Å². The predicted molar refractivity (Wildman–Crippen MR) is 109 cm³/mol. The first-order valence-electron chi connectivity index (χ1n) is 9.03. The fourth-order valence-corrected chi connectivity index (χ4v) is 3.01. The average Bonchev–Trinajstić information content (AvgIpc) is 2.69. The van der Waals surface area contributed by atoms with Crippen LogP contribution < -0.4 is 15.0 Å². The molecular formula is C23H25N2O2+. The molecule has 3 rings (SSSR count). The van der Waals surface area contributed by atoms with E-state index < -0.39 is 0 Å². The highest BCUT2D eigenvalue weighted by molar-refractivity contribution is 5.91. The molecule has 1 atom stereocenters. The first kappa shape index (κ1) is 18.7. The Kier molecular flexibility index (Phi) is 6.23. The number of nitrogens with one attached hydrogen (secondary N) is 2. The standard InChI is InChI=1S/C23H24N2O2/c1-25(17-23(26)24-21-12-14-22(27-2)15-13-21)16-18-8-10-20(11-9-18)19-6-4-3-5-7-19/h3-15H,16-17H2,1-2H3,(H,24,26)/p+1. The number of rotatable bonds is 7. The summed E-state index contributed by atoms with van der Waals surface area (Å²) >= 11 is 0. The maximum absolute atomic E-state index is 12.2. The molecule has 4 heteroatoms. The van der Waals surface area contributed by atoms with Crippen LogP contribution in [0, 0.1) is 0 Å². The number of quaternary nitrogens is 1. The van der Waals surface area contributed by atoms with E-state index >= 15 is 0 Å². The summed E-state index contributed by atoms with van der Waals surface area (Å²) < 4.78 is 5.12. The summed E-state index contributed by atoms with van der Waals surface area (Å²) in [4.78, 5) is 13.4. The second kappa shape index (κ2) is 9.01. The molecule has 4 nitrogen and oxygen atoms in total. The van der Waals surface area contributed by atoms with Crippen molar-refractivity contribution in [3.05, 3.63) is 84.4 Å². The summed E-state index contributed by atoms with van der Waals surface area (Å²) in [5.41, 5.74) is 4.41. The van der Waals surface area contributed by atoms with Crippen molar-refractivity contribution in [2.75, 3.05) is 26.0 Å². The average molecular weight is 361 g/mol. The highest BCUT2D eigenvalue weighted by atomic mass is 16.5. The van der Waals surface area contributed by atoms with Crippen molar-refractivity contribution in [1.29, 1.82) is 0 Å². The van der Waals surface area contributed by atoms with Crippen molar-refractivity contribution >= 4 is 11.6 Å². The van der Waals surface area contributed by atoms with Gasteiger partial charge >= 0.3 is 0 Å². The first-order valence-corrected chi connectivity index (χ1v) is 9.03. The fraction of sp³-hybridized carbons (Fsp3) is 0.174. The van der Waals surface area contributed by atoms with Crippen LogP contribution in [0.5, 0.6) is 5.75 Å². The molecule has 1 unspecified atom stereocenters. The molecule has 0 aromatic heterocycles. The van der Waals surface area contributed by atoms with Crippen molar-refractivity contribution < 1.29 is 14.4 Å². The largest absolute Gasteiger partial charge is 0.497 e. The quantitative estimate of drug-likeness (QED) is 0.679. The molecule has 1 amide bonds. The van der Waals surface area contributed by atoms with E-state index in [0.29, 0.717) is 6.54 Å². The SMILES string of the molecule is COc1ccc(NC(=O)C[NH+](C)Cc2ccc(-c3ccccc3)cc2)cc1. The lowest BCUT2D eigenvalue weighted by atomic mass is 10.0. The molecule has 0 heterocycles. The van der Waals surface area contributed by atoms with Crippen molar-refractivity contribution in [2.45, 2.75) is 6.54 Å². The Bertz CT molecular complexity index is 859. The summed E-state index contributed by atoms with van der Waals surface area (Å²) in [5.74, 6) is 0.772. The molecule has 0 fully saturated rings. The third-order valence-corrected chi connectivity index (χ3v) is 4.40. The van der Waals surface area contributed by atoms with Crippen molar-refractivity contribution in [1.82, 2.24) is 0 Å². The highest BCUT2D eigenvalue weighted by Gasteiger charge is 2.11. The minimum absolute atomic E-state index is 0.00132. The van der Waals surface area contributed by atoms with Gasteiger partial charge in [-0.3, -0.25) is 4.79 Å². The third kappa shape index (κ3) is 5.43. The second-order valence-electron chi connectivity index (χ2n) is 6.65. The summed E-state index contributed by atoms with van der Waals surface area (Å²) in [7, 11) is 3.65. The van der Waals surface area contributed by atoms with Crippen LogP contribution in [0.1, 0.15) is 5.56 Å². The van der Waals surface area contributed by atoms with Gasteiger partial charge in [0.25, 0.3) is 5.91 Å². The lowest BCUT2D eigenvalue weighted by Gasteiger charge is -2.14. The smallest absolute Gasteiger partial charge is 0.279 e. The van der Waals surface area contributed by atoms with Gasteiger partial charge in [0.2, 0.25) is 0 Å². The molecule has 0 bridgehead atoms. The molecule has 0 aliphatic rings. The number of benzene rings is 3. The Morgan fingerprint density at radius 3 is 2.15 bits per heavy atom. The predicted octanol–water partition coefficient (Wildman–Crippen LogP) is 3.02. The number of likely N-dealkylation sites (N-methyl/N-ethyl adjacent to an activating group) is 1. The van der Waals surface area contributed by atoms with Crippen LogP contribution in [0.25, 0.3) is 11.1 Å². The monoisotopic (exact) mass is 361 g/mol. The highest BCUT2D eigenvalue weighted by Crippen LogP contribution is 2.19. The Hall–Kier alpha value is -3.11. The van der Waals surface area contributed by atoms with E-state index in [1.807, 2.05) is 49.5 Å². The molecule has 138 valence electrons. The van der Waals surface area contributed by atoms with Crippen LogP contribution in [0.4, 0.5) is 5.69 Å². The Labute approximate surface area is 160 Å². The molecule has 27 heavy (non-hydrogen) atoms. The number of hydrogen-bond donors (Lipinski definition) is 2. The Morgan fingerprint density at radius 2 is 1.52 bits per heavy atom. The normalized spacial score (nSPS) is 11.6. The van der Waals surface area contributed by atoms with Crippen molar-refractivity contribution in [3.8, 4) is 16.9 Å². The fourth-order valence-electron chi connectivity index (χ4n) is 3.01. The van der Waals surface area contributed by atoms with E-state index in [1.165, 1.54) is 16.7 Å². The Morgan fingerprint density at radius 1 is 0.889 bits per heavy atom. The number of amides is 1. The lowest BCUT2D eigenvalue weighted by Crippen LogP contribution is -3.08. The molecule has 0 saturated carbocycles. The van der Waals surface area contributed by atoms with Gasteiger partial charge in [0.1, 0.15) is 12.3 Å². The maximum Gasteiger partial charge on any atom is 0.279 e. The van der Waals surface area contributed by atoms with Crippen molar-refractivity contribution in [3.63, 3.8) is 0 Å². The third-order valence-electron chi connectivity index (χ3n) is 4.40. The summed E-state index contributed by atoms with van der Waals surface area (Å²) in [5, 5.41) is 2.93. The van der Waals surface area contributed by atoms with E-state index in [1.54, 1.807) is 7.11 Å². The van der Waals surface area contributed by atoms with Crippen LogP contribution >= 0.6 is 0 Å². The first-order chi connectivity index (χ1) is 13.1. The lowest BCUT2D eigenvalue weighted by molar-refractivity contribution is -0.885. The maximum atomic E-state index is 12.2. The van der Waals surface area contributed by atoms with Gasteiger partial charge in [0, 0.05) is 11.3 Å². The number of hydrogen-bond acceptors (Lipinski definition) is 2. The molecule has 0 spiro atoms. The molecule has 3 aromatic rings. The molecular weight excluding hydrogens is 336 g/mol. The van der Waals surface area contributed by atoms with Gasteiger partial charge in [-0.2, -0.15) is 0 Å². The zero-order valence-corrected chi connectivity index (χ0v) is 15.7. The van der Waals surface area contributed by atoms with Crippen LogP contribution in [0.15, 0.2) is 78.9 Å². The van der Waals surface area contributed by atoms with E-state index in [4.69, 9.17) is 4.74 Å². The number of anilines is 1. The van der Waals surface area contributed by atoms with Crippen LogP contribution in [-0.4, -0.2) is 26.6 Å². The van der Waals surface area contributed by atoms with Crippen LogP contribution in [-0.2, 0) is 11.3 Å². The van der Waals surface area contributed by atoms with Gasteiger partial charge in [-0.15, -0.1) is 0 Å². The zero-order chi connectivity index (χ0) is 19.1. The van der Waals surface area contributed by atoms with Gasteiger partial charge in [-0.25, -0.2) is 0 Å². The van der Waals surface area contributed by atoms with Crippen LogP contribution in [0.2, 0.25) is 0 Å². The Balaban J connectivity index is 1.52. The summed E-state index contributed by atoms with van der Waals surface area (Å²) in [6.45, 7) is 1.21. The van der Waals surface area contributed by atoms with Crippen molar-refractivity contribution in [2.24, 2.45) is 0 Å².